The van der Waals surface area contributed by atoms with Crippen molar-refractivity contribution in [2.45, 2.75) is 70.2 Å². The van der Waals surface area contributed by atoms with E-state index in [1.165, 1.54) is 29.7 Å². The summed E-state index contributed by atoms with van der Waals surface area (Å²) < 4.78 is 18.7. The van der Waals surface area contributed by atoms with Crippen LogP contribution in [0.1, 0.15) is 74.3 Å². The molecule has 8 nitrogen and oxygen atoms in total. The summed E-state index contributed by atoms with van der Waals surface area (Å²) in [7, 11) is 6.15. The predicted molar refractivity (Wildman–Crippen MR) is 211 cm³/mol. The summed E-state index contributed by atoms with van der Waals surface area (Å²) in [4.78, 5) is 15.4. The highest BCUT2D eigenvalue weighted by atomic mass is 35.5. The fourth-order valence-electron chi connectivity index (χ4n) is 9.12. The van der Waals surface area contributed by atoms with Crippen LogP contribution in [0, 0.1) is 11.8 Å². The van der Waals surface area contributed by atoms with Gasteiger partial charge in [0.2, 0.25) is 11.8 Å². The number of hydrogen-bond acceptors (Lipinski definition) is 8. The Morgan fingerprint density at radius 1 is 0.808 bits per heavy atom. The summed E-state index contributed by atoms with van der Waals surface area (Å²) in [5, 5.41) is 0.790. The van der Waals surface area contributed by atoms with Gasteiger partial charge in [-0.25, -0.2) is 4.98 Å². The van der Waals surface area contributed by atoms with E-state index < -0.39 is 0 Å². The Hall–Kier alpha value is -3.56. The molecule has 1 aliphatic carbocycles. The number of aromatic nitrogens is 1. The number of piperazine rings is 1. The summed E-state index contributed by atoms with van der Waals surface area (Å²) in [5.74, 6) is 3.73. The van der Waals surface area contributed by atoms with E-state index in [9.17, 15) is 0 Å². The van der Waals surface area contributed by atoms with Crippen LogP contribution in [0.5, 0.6) is 5.75 Å². The van der Waals surface area contributed by atoms with Crippen LogP contribution in [-0.2, 0) is 11.2 Å². The number of methoxy groups -OCH3 is 1. The first-order valence-electron chi connectivity index (χ1n) is 19.2. The van der Waals surface area contributed by atoms with Crippen LogP contribution in [0.15, 0.2) is 83.3 Å². The second kappa shape index (κ2) is 16.6. The number of ether oxygens (including phenoxy) is 2. The van der Waals surface area contributed by atoms with E-state index in [0.29, 0.717) is 17.9 Å². The predicted octanol–water partition coefficient (Wildman–Crippen LogP) is 8.51. The van der Waals surface area contributed by atoms with Crippen LogP contribution in [0.3, 0.4) is 0 Å². The summed E-state index contributed by atoms with van der Waals surface area (Å²) in [6.07, 6.45) is 5.62. The average Bonchev–Trinajstić information content (AvgIpc) is 3.56. The number of benzene rings is 3. The van der Waals surface area contributed by atoms with Crippen molar-refractivity contribution in [3.05, 3.63) is 107 Å². The van der Waals surface area contributed by atoms with Gasteiger partial charge in [-0.3, -0.25) is 4.90 Å². The van der Waals surface area contributed by atoms with E-state index in [1.807, 2.05) is 12.1 Å². The maximum Gasteiger partial charge on any atom is 0.220 e. The molecule has 0 bridgehead atoms. The van der Waals surface area contributed by atoms with Crippen molar-refractivity contribution in [1.82, 2.24) is 14.8 Å². The van der Waals surface area contributed by atoms with Crippen LogP contribution in [0.2, 0.25) is 5.02 Å². The third-order valence-corrected chi connectivity index (χ3v) is 11.7. The molecule has 1 saturated carbocycles. The van der Waals surface area contributed by atoms with Gasteiger partial charge in [0.25, 0.3) is 0 Å². The molecule has 3 aromatic carbocycles. The molecular weight excluding hydrogens is 670 g/mol. The lowest BCUT2D eigenvalue weighted by atomic mass is 9.73. The minimum absolute atomic E-state index is 0.117. The van der Waals surface area contributed by atoms with Crippen molar-refractivity contribution in [1.29, 1.82) is 0 Å². The SMILES string of the molecule is COc1ccc(N2CCN(C(c3nc(Cc4ccccc4)c(N4CC(C)OC(C)C4)o3)C3CCC(C(c4ccc(Cl)cc4)N(C)C)CC3)CC2)cc1. The number of morpholine rings is 1. The van der Waals surface area contributed by atoms with Crippen LogP contribution in [-0.4, -0.2) is 87.5 Å². The molecule has 7 rings (SSSR count). The molecule has 0 amide bonds. The maximum absolute atomic E-state index is 7.09. The average molecular weight is 726 g/mol. The fourth-order valence-corrected chi connectivity index (χ4v) is 9.24. The normalized spacial score (nSPS) is 24.2. The van der Waals surface area contributed by atoms with E-state index in [0.717, 1.165) is 86.8 Å². The summed E-state index contributed by atoms with van der Waals surface area (Å²) in [6, 6.07) is 28.1. The van der Waals surface area contributed by atoms with E-state index in [-0.39, 0.29) is 18.2 Å². The zero-order valence-corrected chi connectivity index (χ0v) is 32.3. The second-order valence-corrected chi connectivity index (χ2v) is 15.9. The first kappa shape index (κ1) is 36.8. The van der Waals surface area contributed by atoms with Gasteiger partial charge in [-0.2, -0.15) is 0 Å². The number of hydrogen-bond donors (Lipinski definition) is 0. The third kappa shape index (κ3) is 8.46. The van der Waals surface area contributed by atoms with Crippen molar-refractivity contribution in [3.63, 3.8) is 0 Å². The van der Waals surface area contributed by atoms with Gasteiger partial charge >= 0.3 is 0 Å². The molecule has 3 aliphatic rings. The Labute approximate surface area is 315 Å². The lowest BCUT2D eigenvalue weighted by Gasteiger charge is -2.44. The Kier molecular flexibility index (Phi) is 11.8. The van der Waals surface area contributed by atoms with Gasteiger partial charge < -0.3 is 28.6 Å². The molecule has 0 radical (unpaired) electrons. The lowest BCUT2D eigenvalue weighted by Crippen LogP contribution is -2.49. The molecule has 52 heavy (non-hydrogen) atoms. The number of anilines is 2. The first-order valence-corrected chi connectivity index (χ1v) is 19.6. The quantitative estimate of drug-likeness (QED) is 0.153. The summed E-state index contributed by atoms with van der Waals surface area (Å²) in [5.41, 5.74) is 4.88. The monoisotopic (exact) mass is 725 g/mol. The molecule has 2 aliphatic heterocycles. The van der Waals surface area contributed by atoms with Crippen LogP contribution in [0.4, 0.5) is 11.6 Å². The van der Waals surface area contributed by atoms with Crippen molar-refractivity contribution >= 4 is 23.2 Å². The molecule has 4 aromatic rings. The Morgan fingerprint density at radius 3 is 2.06 bits per heavy atom. The summed E-state index contributed by atoms with van der Waals surface area (Å²) >= 11 is 6.30. The first-order chi connectivity index (χ1) is 25.2. The molecule has 0 spiro atoms. The highest BCUT2D eigenvalue weighted by Crippen LogP contribution is 2.46. The minimum atomic E-state index is 0.117. The van der Waals surface area contributed by atoms with E-state index >= 15 is 0 Å². The number of rotatable bonds is 11. The molecule has 3 heterocycles. The number of nitrogens with zero attached hydrogens (tertiary/aromatic N) is 5. The maximum atomic E-state index is 7.09. The Bertz CT molecular complexity index is 1690. The fraction of sp³-hybridized carbons (Fsp3) is 0.512. The number of halogens is 1. The van der Waals surface area contributed by atoms with Gasteiger partial charge in [-0.1, -0.05) is 54.1 Å². The molecular formula is C43H56ClN5O3. The van der Waals surface area contributed by atoms with Gasteiger partial charge in [-0.05, 0) is 113 Å². The molecule has 0 N–H and O–H groups in total. The zero-order valence-electron chi connectivity index (χ0n) is 31.6. The van der Waals surface area contributed by atoms with Crippen LogP contribution >= 0.6 is 11.6 Å². The standard InChI is InChI=1S/C43H56ClN5O3/c1-30-28-49(29-31(2)51-30)43-39(27-32-9-7-6-8-10-32)45-42(52-43)41(48-25-23-47(24-26-48)37-19-21-38(50-5)22-20-37)35-13-11-33(12-14-35)40(46(3)4)34-15-17-36(44)18-16-34/h6-10,15-22,30-31,33,35,40-41H,11-14,23-29H2,1-5H3. The Balaban J connectivity index is 1.18. The zero-order chi connectivity index (χ0) is 36.2. The second-order valence-electron chi connectivity index (χ2n) is 15.4. The van der Waals surface area contributed by atoms with E-state index in [2.05, 4.69) is 114 Å². The highest BCUT2D eigenvalue weighted by Gasteiger charge is 2.40. The topological polar surface area (TPSA) is 57.5 Å². The number of oxazole rings is 1. The molecule has 3 fully saturated rings. The molecule has 278 valence electrons. The minimum Gasteiger partial charge on any atom is -0.497 e. The van der Waals surface area contributed by atoms with Gasteiger partial charge in [0.1, 0.15) is 11.4 Å². The molecule has 1 aromatic heterocycles. The molecule has 4 atom stereocenters. The lowest BCUT2D eigenvalue weighted by molar-refractivity contribution is -0.00672. The Morgan fingerprint density at radius 2 is 1.44 bits per heavy atom. The van der Waals surface area contributed by atoms with Gasteiger partial charge in [0.15, 0.2) is 0 Å². The van der Waals surface area contributed by atoms with Crippen LogP contribution < -0.4 is 14.5 Å². The molecule has 4 unspecified atom stereocenters. The van der Waals surface area contributed by atoms with Crippen molar-refractivity contribution < 1.29 is 13.9 Å². The molecule has 2 saturated heterocycles. The van der Waals surface area contributed by atoms with Crippen LogP contribution in [0.25, 0.3) is 0 Å². The third-order valence-electron chi connectivity index (χ3n) is 11.5. The van der Waals surface area contributed by atoms with Gasteiger partial charge in [0.05, 0.1) is 25.4 Å². The largest absolute Gasteiger partial charge is 0.497 e. The summed E-state index contributed by atoms with van der Waals surface area (Å²) in [6.45, 7) is 9.75. The van der Waals surface area contributed by atoms with Crippen molar-refractivity contribution in [2.24, 2.45) is 11.8 Å². The van der Waals surface area contributed by atoms with Crippen molar-refractivity contribution in [2.75, 3.05) is 70.3 Å². The van der Waals surface area contributed by atoms with E-state index in [1.54, 1.807) is 7.11 Å². The smallest absolute Gasteiger partial charge is 0.220 e. The molecule has 9 heteroatoms. The van der Waals surface area contributed by atoms with Crippen molar-refractivity contribution in [3.8, 4) is 5.75 Å². The van der Waals surface area contributed by atoms with Gasteiger partial charge in [-0.15, -0.1) is 0 Å². The highest BCUT2D eigenvalue weighted by molar-refractivity contribution is 6.30. The van der Waals surface area contributed by atoms with Gasteiger partial charge in [0, 0.05) is 62.4 Å². The van der Waals surface area contributed by atoms with E-state index in [4.69, 9.17) is 30.5 Å².